The average molecular weight is 260 g/mol. The molecule has 0 atom stereocenters. The van der Waals surface area contributed by atoms with Crippen molar-refractivity contribution in [1.29, 1.82) is 0 Å². The lowest BCUT2D eigenvalue weighted by Crippen LogP contribution is -2.39. The van der Waals surface area contributed by atoms with Crippen LogP contribution in [0.25, 0.3) is 10.8 Å². The second-order valence-electron chi connectivity index (χ2n) is 5.37. The van der Waals surface area contributed by atoms with Gasteiger partial charge in [-0.25, -0.2) is 4.98 Å². The Balaban J connectivity index is 2.50. The normalized spacial score (nSPS) is 11.8. The van der Waals surface area contributed by atoms with Gasteiger partial charge >= 0.3 is 0 Å². The maximum Gasteiger partial charge on any atom is 0.136 e. The van der Waals surface area contributed by atoms with Crippen LogP contribution in [0.15, 0.2) is 30.5 Å². The third-order valence-electron chi connectivity index (χ3n) is 2.99. The number of aromatic hydroxyl groups is 1. The molecular weight excluding hydrogens is 240 g/mol. The van der Waals surface area contributed by atoms with Gasteiger partial charge in [0.05, 0.1) is 5.60 Å². The Labute approximate surface area is 113 Å². The number of hydrogen-bond donors (Lipinski definition) is 2. The number of phenolic OH excluding ortho intramolecular Hbond substituents is 1. The van der Waals surface area contributed by atoms with Crippen LogP contribution in [0.1, 0.15) is 20.8 Å². The zero-order chi connectivity index (χ0) is 14.0. The van der Waals surface area contributed by atoms with E-state index in [2.05, 4.69) is 4.98 Å². The molecule has 1 heterocycles. The van der Waals surface area contributed by atoms with Gasteiger partial charge in [0, 0.05) is 24.7 Å². The van der Waals surface area contributed by atoms with Crippen LogP contribution in [0.3, 0.4) is 0 Å². The highest BCUT2D eigenvalue weighted by Crippen LogP contribution is 2.28. The second kappa shape index (κ2) is 5.05. The van der Waals surface area contributed by atoms with Gasteiger partial charge in [-0.3, -0.25) is 0 Å². The van der Waals surface area contributed by atoms with Gasteiger partial charge in [-0.2, -0.15) is 0 Å². The SMILES string of the molecule is CCN(CC(C)(C)O)c1nccc2ccc(O)cc12. The van der Waals surface area contributed by atoms with Crippen molar-refractivity contribution in [2.75, 3.05) is 18.0 Å². The number of aliphatic hydroxyl groups is 1. The van der Waals surface area contributed by atoms with Gasteiger partial charge in [-0.1, -0.05) is 6.07 Å². The Kier molecular flexibility index (Phi) is 3.62. The van der Waals surface area contributed by atoms with Crippen molar-refractivity contribution < 1.29 is 10.2 Å². The minimum atomic E-state index is -0.795. The summed E-state index contributed by atoms with van der Waals surface area (Å²) in [7, 11) is 0. The molecule has 0 amide bonds. The number of nitrogens with zero attached hydrogens (tertiary/aromatic N) is 2. The Morgan fingerprint density at radius 2 is 2.00 bits per heavy atom. The number of likely N-dealkylation sites (N-methyl/N-ethyl adjacent to an activating group) is 1. The standard InChI is InChI=1S/C15H20N2O2/c1-4-17(10-15(2,3)19)14-13-9-12(18)6-5-11(13)7-8-16-14/h5-9,18-19H,4,10H2,1-3H3. The molecule has 0 fully saturated rings. The highest BCUT2D eigenvalue weighted by atomic mass is 16.3. The molecule has 2 N–H and O–H groups in total. The minimum Gasteiger partial charge on any atom is -0.508 e. The van der Waals surface area contributed by atoms with E-state index in [0.29, 0.717) is 6.54 Å². The molecule has 4 nitrogen and oxygen atoms in total. The molecule has 0 saturated carbocycles. The number of benzene rings is 1. The van der Waals surface area contributed by atoms with Crippen LogP contribution in [0.2, 0.25) is 0 Å². The monoisotopic (exact) mass is 260 g/mol. The molecule has 0 saturated heterocycles. The zero-order valence-corrected chi connectivity index (χ0v) is 11.6. The van der Waals surface area contributed by atoms with Crippen LogP contribution in [-0.2, 0) is 0 Å². The lowest BCUT2D eigenvalue weighted by atomic mass is 10.1. The first-order valence-electron chi connectivity index (χ1n) is 6.46. The van der Waals surface area contributed by atoms with Gasteiger partial charge in [-0.15, -0.1) is 0 Å². The molecule has 0 unspecified atom stereocenters. The second-order valence-corrected chi connectivity index (χ2v) is 5.37. The fourth-order valence-corrected chi connectivity index (χ4v) is 2.20. The summed E-state index contributed by atoms with van der Waals surface area (Å²) >= 11 is 0. The van der Waals surface area contributed by atoms with E-state index in [0.717, 1.165) is 23.1 Å². The van der Waals surface area contributed by atoms with Gasteiger partial charge in [0.1, 0.15) is 11.6 Å². The molecule has 19 heavy (non-hydrogen) atoms. The number of rotatable bonds is 4. The largest absolute Gasteiger partial charge is 0.508 e. The Morgan fingerprint density at radius 1 is 1.26 bits per heavy atom. The van der Waals surface area contributed by atoms with Crippen LogP contribution < -0.4 is 4.90 Å². The predicted molar refractivity (Wildman–Crippen MR) is 77.6 cm³/mol. The molecule has 0 spiro atoms. The van der Waals surface area contributed by atoms with Crippen molar-refractivity contribution in [3.05, 3.63) is 30.5 Å². The summed E-state index contributed by atoms with van der Waals surface area (Å²) in [5, 5.41) is 21.6. The van der Waals surface area contributed by atoms with E-state index in [-0.39, 0.29) is 5.75 Å². The first-order chi connectivity index (χ1) is 8.90. The molecular formula is C15H20N2O2. The Bertz CT molecular complexity index is 576. The maximum atomic E-state index is 9.99. The smallest absolute Gasteiger partial charge is 0.136 e. The lowest BCUT2D eigenvalue weighted by molar-refractivity contribution is 0.0875. The highest BCUT2D eigenvalue weighted by molar-refractivity contribution is 5.93. The van der Waals surface area contributed by atoms with Crippen LogP contribution >= 0.6 is 0 Å². The number of pyridine rings is 1. The first kappa shape index (κ1) is 13.6. The molecule has 2 rings (SSSR count). The van der Waals surface area contributed by atoms with E-state index in [1.54, 1.807) is 32.2 Å². The fourth-order valence-electron chi connectivity index (χ4n) is 2.20. The van der Waals surface area contributed by atoms with Gasteiger partial charge in [-0.05, 0) is 44.4 Å². The number of anilines is 1. The van der Waals surface area contributed by atoms with Crippen LogP contribution in [0.4, 0.5) is 5.82 Å². The molecule has 0 aliphatic heterocycles. The van der Waals surface area contributed by atoms with Crippen LogP contribution in [0.5, 0.6) is 5.75 Å². The molecule has 1 aromatic heterocycles. The molecule has 4 heteroatoms. The molecule has 2 aromatic rings. The van der Waals surface area contributed by atoms with E-state index >= 15 is 0 Å². The number of fused-ring (bicyclic) bond motifs is 1. The van der Waals surface area contributed by atoms with E-state index in [4.69, 9.17) is 0 Å². The van der Waals surface area contributed by atoms with Gasteiger partial charge in [0.25, 0.3) is 0 Å². The minimum absolute atomic E-state index is 0.223. The summed E-state index contributed by atoms with van der Waals surface area (Å²) in [5.74, 6) is 1.01. The molecule has 102 valence electrons. The third kappa shape index (κ3) is 3.15. The van der Waals surface area contributed by atoms with E-state index < -0.39 is 5.60 Å². The number of phenols is 1. The zero-order valence-electron chi connectivity index (χ0n) is 11.6. The first-order valence-corrected chi connectivity index (χ1v) is 6.46. The summed E-state index contributed by atoms with van der Waals surface area (Å²) in [6, 6.07) is 7.16. The van der Waals surface area contributed by atoms with Crippen molar-refractivity contribution in [2.45, 2.75) is 26.4 Å². The summed E-state index contributed by atoms with van der Waals surface area (Å²) in [5.41, 5.74) is -0.795. The topological polar surface area (TPSA) is 56.6 Å². The van der Waals surface area contributed by atoms with Crippen molar-refractivity contribution >= 4 is 16.6 Å². The molecule has 0 bridgehead atoms. The Hall–Kier alpha value is -1.81. The summed E-state index contributed by atoms with van der Waals surface area (Å²) in [6.07, 6.45) is 1.75. The maximum absolute atomic E-state index is 9.99. The van der Waals surface area contributed by atoms with E-state index in [1.165, 1.54) is 0 Å². The average Bonchev–Trinajstić information content (AvgIpc) is 2.34. The molecule has 0 aliphatic rings. The quantitative estimate of drug-likeness (QED) is 0.887. The van der Waals surface area contributed by atoms with Crippen molar-refractivity contribution in [3.63, 3.8) is 0 Å². The summed E-state index contributed by atoms with van der Waals surface area (Å²) in [4.78, 5) is 6.42. The summed E-state index contributed by atoms with van der Waals surface area (Å²) < 4.78 is 0. The lowest BCUT2D eigenvalue weighted by Gasteiger charge is -2.29. The predicted octanol–water partition coefficient (Wildman–Crippen LogP) is 2.54. The molecule has 0 aliphatic carbocycles. The summed E-state index contributed by atoms with van der Waals surface area (Å²) in [6.45, 7) is 6.81. The van der Waals surface area contributed by atoms with Crippen LogP contribution in [0, 0.1) is 0 Å². The van der Waals surface area contributed by atoms with Crippen molar-refractivity contribution in [3.8, 4) is 5.75 Å². The third-order valence-corrected chi connectivity index (χ3v) is 2.99. The highest BCUT2D eigenvalue weighted by Gasteiger charge is 2.19. The Morgan fingerprint density at radius 3 is 2.63 bits per heavy atom. The van der Waals surface area contributed by atoms with Gasteiger partial charge < -0.3 is 15.1 Å². The van der Waals surface area contributed by atoms with Crippen molar-refractivity contribution in [2.24, 2.45) is 0 Å². The van der Waals surface area contributed by atoms with Crippen molar-refractivity contribution in [1.82, 2.24) is 4.98 Å². The van der Waals surface area contributed by atoms with E-state index in [1.807, 2.05) is 24.0 Å². The molecule has 0 radical (unpaired) electrons. The van der Waals surface area contributed by atoms with Crippen LogP contribution in [-0.4, -0.2) is 33.9 Å². The fraction of sp³-hybridized carbons (Fsp3) is 0.400. The van der Waals surface area contributed by atoms with E-state index in [9.17, 15) is 10.2 Å². The van der Waals surface area contributed by atoms with Gasteiger partial charge in [0.15, 0.2) is 0 Å². The number of hydrogen-bond acceptors (Lipinski definition) is 4. The number of aromatic nitrogens is 1. The molecule has 1 aromatic carbocycles. The van der Waals surface area contributed by atoms with Gasteiger partial charge in [0.2, 0.25) is 0 Å².